The summed E-state index contributed by atoms with van der Waals surface area (Å²) in [6, 6.07) is 4.20. The van der Waals surface area contributed by atoms with Gasteiger partial charge in [-0.3, -0.25) is 14.4 Å². The van der Waals surface area contributed by atoms with Crippen LogP contribution in [0.2, 0.25) is 0 Å². The number of carbonyl (C=O) groups excluding carboxylic acids is 1. The summed E-state index contributed by atoms with van der Waals surface area (Å²) in [6.07, 6.45) is 2.84. The summed E-state index contributed by atoms with van der Waals surface area (Å²) in [7, 11) is -1.90. The Hall–Kier alpha value is -1.71. The van der Waals surface area contributed by atoms with Gasteiger partial charge in [-0.15, -0.1) is 11.3 Å². The van der Waals surface area contributed by atoms with Gasteiger partial charge in [-0.1, -0.05) is 6.07 Å². The first-order valence-corrected chi connectivity index (χ1v) is 9.20. The molecule has 1 fully saturated rings. The third kappa shape index (κ3) is 2.79. The predicted molar refractivity (Wildman–Crippen MR) is 83.2 cm³/mol. The molecule has 0 spiro atoms. The van der Waals surface area contributed by atoms with Crippen LogP contribution in [0.1, 0.15) is 12.8 Å². The van der Waals surface area contributed by atoms with E-state index in [1.54, 1.807) is 40.3 Å². The van der Waals surface area contributed by atoms with Crippen LogP contribution in [0.15, 0.2) is 34.0 Å². The largest absolute Gasteiger partial charge is 0.296 e. The Bertz CT molecular complexity index is 767. The van der Waals surface area contributed by atoms with Crippen LogP contribution in [-0.2, 0) is 21.9 Å². The Balaban J connectivity index is 1.81. The van der Waals surface area contributed by atoms with E-state index < -0.39 is 16.1 Å². The maximum Gasteiger partial charge on any atom is 0.250 e. The number of carbonyl (C=O) groups is 1. The van der Waals surface area contributed by atoms with Crippen LogP contribution >= 0.6 is 11.3 Å². The lowest BCUT2D eigenvalue weighted by molar-refractivity contribution is -0.121. The number of hydrogen-bond donors (Lipinski definition) is 1. The number of sulfonamides is 1. The molecular formula is C13H16N4O3S2. The zero-order valence-corrected chi connectivity index (χ0v) is 13.6. The molecule has 1 aliphatic rings. The van der Waals surface area contributed by atoms with Crippen LogP contribution < -0.4 is 9.62 Å². The molecule has 22 heavy (non-hydrogen) atoms. The van der Waals surface area contributed by atoms with Crippen molar-refractivity contribution in [1.29, 1.82) is 0 Å². The average molecular weight is 340 g/mol. The number of thiophene rings is 1. The van der Waals surface area contributed by atoms with Crippen LogP contribution in [0.25, 0.3) is 0 Å². The van der Waals surface area contributed by atoms with Crippen molar-refractivity contribution >= 4 is 33.1 Å². The number of hydrogen-bond acceptors (Lipinski definition) is 5. The lowest BCUT2D eigenvalue weighted by Crippen LogP contribution is -2.52. The van der Waals surface area contributed by atoms with Crippen molar-refractivity contribution in [2.24, 2.45) is 7.05 Å². The topological polar surface area (TPSA) is 84.3 Å². The standard InChI is InChI=1S/C13H16N4O3S2/c1-16-11(6-7-14-16)17-8-2-4-10(13(17)18)15-22(19,20)12-5-3-9-21-12/h3,5-7,9-10,15H,2,4,8H2,1H3. The number of rotatable bonds is 4. The fourth-order valence-corrected chi connectivity index (χ4v) is 4.74. The third-order valence-corrected chi connectivity index (χ3v) is 6.44. The van der Waals surface area contributed by atoms with Crippen molar-refractivity contribution in [3.05, 3.63) is 29.8 Å². The molecule has 0 aliphatic carbocycles. The second kappa shape index (κ2) is 5.82. The highest BCUT2D eigenvalue weighted by atomic mass is 32.2. The second-order valence-electron chi connectivity index (χ2n) is 5.05. The molecule has 1 N–H and O–H groups in total. The van der Waals surface area contributed by atoms with E-state index in [0.717, 1.165) is 17.8 Å². The molecule has 0 radical (unpaired) electrons. The van der Waals surface area contributed by atoms with E-state index >= 15 is 0 Å². The van der Waals surface area contributed by atoms with Crippen molar-refractivity contribution < 1.29 is 13.2 Å². The van der Waals surface area contributed by atoms with Gasteiger partial charge in [0.2, 0.25) is 5.91 Å². The first-order chi connectivity index (χ1) is 10.5. The molecule has 3 heterocycles. The maximum absolute atomic E-state index is 12.6. The van der Waals surface area contributed by atoms with Gasteiger partial charge in [0.1, 0.15) is 16.1 Å². The molecule has 7 nitrogen and oxygen atoms in total. The smallest absolute Gasteiger partial charge is 0.250 e. The molecule has 1 unspecified atom stereocenters. The summed E-state index contributed by atoms with van der Waals surface area (Å²) >= 11 is 1.13. The number of aromatic nitrogens is 2. The molecule has 9 heteroatoms. The van der Waals surface area contributed by atoms with Crippen molar-refractivity contribution in [2.45, 2.75) is 23.1 Å². The van der Waals surface area contributed by atoms with Crippen LogP contribution in [0.3, 0.4) is 0 Å². The van der Waals surface area contributed by atoms with Gasteiger partial charge in [0.15, 0.2) is 0 Å². The van der Waals surface area contributed by atoms with Gasteiger partial charge in [0, 0.05) is 19.7 Å². The molecular weight excluding hydrogens is 324 g/mol. The summed E-state index contributed by atoms with van der Waals surface area (Å²) in [5.41, 5.74) is 0. The average Bonchev–Trinajstić information content (AvgIpc) is 3.13. The number of piperidine rings is 1. The second-order valence-corrected chi connectivity index (χ2v) is 7.94. The number of amides is 1. The van der Waals surface area contributed by atoms with Crippen LogP contribution in [0.5, 0.6) is 0 Å². The SMILES string of the molecule is Cn1nccc1N1CCCC(NS(=O)(=O)c2cccs2)C1=O. The highest BCUT2D eigenvalue weighted by Gasteiger charge is 2.34. The van der Waals surface area contributed by atoms with E-state index in [1.807, 2.05) is 0 Å². The molecule has 3 rings (SSSR count). The highest BCUT2D eigenvalue weighted by molar-refractivity contribution is 7.91. The molecule has 1 amide bonds. The van der Waals surface area contributed by atoms with E-state index in [2.05, 4.69) is 9.82 Å². The van der Waals surface area contributed by atoms with Gasteiger partial charge >= 0.3 is 0 Å². The molecule has 1 saturated heterocycles. The number of aryl methyl sites for hydroxylation is 1. The van der Waals surface area contributed by atoms with E-state index in [-0.39, 0.29) is 10.1 Å². The fraction of sp³-hybridized carbons (Fsp3) is 0.385. The van der Waals surface area contributed by atoms with Crippen molar-refractivity contribution in [3.8, 4) is 0 Å². The lowest BCUT2D eigenvalue weighted by Gasteiger charge is -2.32. The summed E-state index contributed by atoms with van der Waals surface area (Å²) in [4.78, 5) is 14.2. The zero-order chi connectivity index (χ0) is 15.7. The number of nitrogens with zero attached hydrogens (tertiary/aromatic N) is 3. The number of anilines is 1. The molecule has 0 bridgehead atoms. The van der Waals surface area contributed by atoms with Crippen LogP contribution in [0, 0.1) is 0 Å². The van der Waals surface area contributed by atoms with Gasteiger partial charge in [-0.2, -0.15) is 9.82 Å². The molecule has 1 atom stereocenters. The Morgan fingerprint density at radius 3 is 2.86 bits per heavy atom. The maximum atomic E-state index is 12.6. The lowest BCUT2D eigenvalue weighted by atomic mass is 10.1. The predicted octanol–water partition coefficient (Wildman–Crippen LogP) is 0.956. The first-order valence-electron chi connectivity index (χ1n) is 6.84. The van der Waals surface area contributed by atoms with Gasteiger partial charge in [-0.05, 0) is 24.3 Å². The summed E-state index contributed by atoms with van der Waals surface area (Å²) in [5.74, 6) is 0.431. The molecule has 1 aliphatic heterocycles. The summed E-state index contributed by atoms with van der Waals surface area (Å²) in [6.45, 7) is 0.565. The minimum Gasteiger partial charge on any atom is -0.296 e. The van der Waals surface area contributed by atoms with Gasteiger partial charge in [-0.25, -0.2) is 8.42 Å². The molecule has 118 valence electrons. The summed E-state index contributed by atoms with van der Waals surface area (Å²) in [5, 5.41) is 5.75. The quantitative estimate of drug-likeness (QED) is 0.898. The minimum absolute atomic E-state index is 0.220. The molecule has 0 saturated carbocycles. The summed E-state index contributed by atoms with van der Waals surface area (Å²) < 4.78 is 28.9. The monoisotopic (exact) mass is 340 g/mol. The molecule has 2 aromatic heterocycles. The Kier molecular flexibility index (Phi) is 4.02. The molecule has 2 aromatic rings. The van der Waals surface area contributed by atoms with Crippen LogP contribution in [-0.4, -0.2) is 36.7 Å². The molecule has 0 aromatic carbocycles. The van der Waals surface area contributed by atoms with Gasteiger partial charge in [0.05, 0.1) is 6.20 Å². The fourth-order valence-electron chi connectivity index (χ4n) is 2.51. The van der Waals surface area contributed by atoms with Crippen molar-refractivity contribution in [3.63, 3.8) is 0 Å². The van der Waals surface area contributed by atoms with Gasteiger partial charge < -0.3 is 0 Å². The number of nitrogens with one attached hydrogen (secondary N) is 1. The van der Waals surface area contributed by atoms with E-state index in [9.17, 15) is 13.2 Å². The van der Waals surface area contributed by atoms with Gasteiger partial charge in [0.25, 0.3) is 10.0 Å². The normalized spacial score (nSPS) is 19.6. The Morgan fingerprint density at radius 2 is 2.23 bits per heavy atom. The Labute approximate surface area is 132 Å². The van der Waals surface area contributed by atoms with Crippen molar-refractivity contribution in [2.75, 3.05) is 11.4 Å². The minimum atomic E-state index is -3.65. The Morgan fingerprint density at radius 1 is 1.41 bits per heavy atom. The highest BCUT2D eigenvalue weighted by Crippen LogP contribution is 2.22. The van der Waals surface area contributed by atoms with E-state index in [4.69, 9.17) is 0 Å². The van der Waals surface area contributed by atoms with E-state index in [1.165, 1.54) is 6.07 Å². The third-order valence-electron chi connectivity index (χ3n) is 3.57. The van der Waals surface area contributed by atoms with Crippen molar-refractivity contribution in [1.82, 2.24) is 14.5 Å². The zero-order valence-electron chi connectivity index (χ0n) is 12.0. The van der Waals surface area contributed by atoms with E-state index in [0.29, 0.717) is 18.8 Å². The first kappa shape index (κ1) is 15.2. The van der Waals surface area contributed by atoms with Crippen LogP contribution in [0.4, 0.5) is 5.82 Å².